The fraction of sp³-hybridized carbons (Fsp3) is 0.0526. The van der Waals surface area contributed by atoms with Crippen molar-refractivity contribution in [2.75, 3.05) is 18.1 Å². The smallest absolute Gasteiger partial charge is 0.239 e. The zero-order valence-electron chi connectivity index (χ0n) is 12.8. The number of anilines is 2. The van der Waals surface area contributed by atoms with Crippen LogP contribution < -0.4 is 15.6 Å². The summed E-state index contributed by atoms with van der Waals surface area (Å²) in [5, 5.41) is 3.19. The molecule has 0 spiro atoms. The van der Waals surface area contributed by atoms with Crippen LogP contribution >= 0.6 is 0 Å². The van der Waals surface area contributed by atoms with Crippen molar-refractivity contribution >= 4 is 33.4 Å². The second kappa shape index (κ2) is 5.25. The first-order chi connectivity index (χ1) is 11.3. The Morgan fingerprint density at radius 3 is 2.30 bits per heavy atom. The van der Waals surface area contributed by atoms with E-state index in [0.717, 1.165) is 39.1 Å². The minimum Gasteiger partial charge on any atom is -0.399 e. The first-order valence-electron chi connectivity index (χ1n) is 7.54. The molecule has 0 saturated carbocycles. The molecule has 1 aromatic heterocycles. The minimum absolute atomic E-state index is 0.730. The summed E-state index contributed by atoms with van der Waals surface area (Å²) < 4.78 is 2.20. The van der Waals surface area contributed by atoms with Gasteiger partial charge in [-0.15, -0.1) is 4.57 Å². The molecule has 3 N–H and O–H groups in total. The average molecular weight is 301 g/mol. The van der Waals surface area contributed by atoms with Gasteiger partial charge in [-0.25, -0.2) is 4.98 Å². The standard InChI is InChI=1S/C19H16N4/c1-21-14-8-10-17-19(12-14)23(15-5-3-2-4-6-15)18-11-13(20)7-9-16(18)22-17/h2-12H,1H3,(H2,20,21)/p+1. The maximum Gasteiger partial charge on any atom is 0.239 e. The van der Waals surface area contributed by atoms with E-state index in [-0.39, 0.29) is 0 Å². The van der Waals surface area contributed by atoms with Crippen LogP contribution in [0.5, 0.6) is 0 Å². The third kappa shape index (κ3) is 2.25. The molecule has 1 heterocycles. The molecule has 0 radical (unpaired) electrons. The molecule has 4 heteroatoms. The number of aromatic nitrogens is 2. The van der Waals surface area contributed by atoms with Crippen molar-refractivity contribution in [3.05, 3.63) is 66.7 Å². The predicted octanol–water partition coefficient (Wildman–Crippen LogP) is 3.29. The third-order valence-electron chi connectivity index (χ3n) is 4.00. The van der Waals surface area contributed by atoms with Crippen LogP contribution in [0.25, 0.3) is 27.8 Å². The summed E-state index contributed by atoms with van der Waals surface area (Å²) in [6.45, 7) is 0. The van der Waals surface area contributed by atoms with Gasteiger partial charge in [0.05, 0.1) is 0 Å². The molecule has 0 fully saturated rings. The monoisotopic (exact) mass is 301 g/mol. The van der Waals surface area contributed by atoms with Crippen molar-refractivity contribution in [1.82, 2.24) is 4.98 Å². The predicted molar refractivity (Wildman–Crippen MR) is 94.7 cm³/mol. The lowest BCUT2D eigenvalue weighted by Gasteiger charge is -2.07. The van der Waals surface area contributed by atoms with E-state index in [9.17, 15) is 0 Å². The van der Waals surface area contributed by atoms with Crippen LogP contribution in [-0.2, 0) is 0 Å². The van der Waals surface area contributed by atoms with Gasteiger partial charge in [0.2, 0.25) is 16.7 Å². The van der Waals surface area contributed by atoms with Crippen LogP contribution in [0.15, 0.2) is 66.7 Å². The maximum atomic E-state index is 6.02. The zero-order valence-corrected chi connectivity index (χ0v) is 12.8. The van der Waals surface area contributed by atoms with Crippen LogP contribution in [0.2, 0.25) is 0 Å². The molecule has 23 heavy (non-hydrogen) atoms. The Kier molecular flexibility index (Phi) is 3.08. The number of hydrogen-bond acceptors (Lipinski definition) is 3. The zero-order chi connectivity index (χ0) is 15.8. The first kappa shape index (κ1) is 13.5. The number of fused-ring (bicyclic) bond motifs is 2. The summed E-state index contributed by atoms with van der Waals surface area (Å²) in [7, 11) is 1.92. The van der Waals surface area contributed by atoms with Gasteiger partial charge in [0.25, 0.3) is 0 Å². The molecule has 0 aliphatic heterocycles. The second-order valence-corrected chi connectivity index (χ2v) is 5.48. The van der Waals surface area contributed by atoms with Crippen LogP contribution in [0.1, 0.15) is 0 Å². The van der Waals surface area contributed by atoms with Crippen molar-refractivity contribution < 1.29 is 4.57 Å². The Morgan fingerprint density at radius 1 is 0.870 bits per heavy atom. The normalized spacial score (nSPS) is 11.0. The molecule has 3 aromatic carbocycles. The Labute approximate surface area is 134 Å². The number of nitrogen functional groups attached to an aromatic ring is 1. The Morgan fingerprint density at radius 2 is 1.57 bits per heavy atom. The lowest BCUT2D eigenvalue weighted by molar-refractivity contribution is -0.538. The van der Waals surface area contributed by atoms with Crippen LogP contribution in [-0.4, -0.2) is 12.0 Å². The molecule has 0 bridgehead atoms. The van der Waals surface area contributed by atoms with Gasteiger partial charge in [0, 0.05) is 42.7 Å². The molecule has 0 amide bonds. The van der Waals surface area contributed by atoms with Crippen LogP contribution in [0.3, 0.4) is 0 Å². The van der Waals surface area contributed by atoms with E-state index >= 15 is 0 Å². The van der Waals surface area contributed by atoms with Crippen molar-refractivity contribution in [2.45, 2.75) is 0 Å². The van der Waals surface area contributed by atoms with Crippen molar-refractivity contribution in [1.29, 1.82) is 0 Å². The molecule has 112 valence electrons. The van der Waals surface area contributed by atoms with E-state index in [0.29, 0.717) is 0 Å². The van der Waals surface area contributed by atoms with Gasteiger partial charge in [0.15, 0.2) is 0 Å². The topological polar surface area (TPSA) is 54.8 Å². The average Bonchev–Trinajstić information content (AvgIpc) is 2.60. The van der Waals surface area contributed by atoms with Gasteiger partial charge in [-0.2, -0.15) is 0 Å². The van der Waals surface area contributed by atoms with Gasteiger partial charge >= 0.3 is 0 Å². The molecule has 0 unspecified atom stereocenters. The highest BCUT2D eigenvalue weighted by Crippen LogP contribution is 2.21. The minimum atomic E-state index is 0.730. The molecule has 4 aromatic rings. The Bertz CT molecular complexity index is 1010. The molecular formula is C19H17N4+. The van der Waals surface area contributed by atoms with Crippen LogP contribution in [0, 0.1) is 0 Å². The van der Waals surface area contributed by atoms with E-state index in [4.69, 9.17) is 10.7 Å². The number of rotatable bonds is 2. The second-order valence-electron chi connectivity index (χ2n) is 5.48. The molecule has 4 rings (SSSR count). The summed E-state index contributed by atoms with van der Waals surface area (Å²) in [5.41, 5.74) is 12.8. The molecular weight excluding hydrogens is 284 g/mol. The highest BCUT2D eigenvalue weighted by atomic mass is 15.0. The van der Waals surface area contributed by atoms with Gasteiger partial charge in [-0.3, -0.25) is 0 Å². The first-order valence-corrected chi connectivity index (χ1v) is 7.54. The van der Waals surface area contributed by atoms with Crippen LogP contribution in [0.4, 0.5) is 11.4 Å². The van der Waals surface area contributed by atoms with E-state index in [1.54, 1.807) is 0 Å². The lowest BCUT2D eigenvalue weighted by atomic mass is 10.2. The molecule has 4 nitrogen and oxygen atoms in total. The highest BCUT2D eigenvalue weighted by molar-refractivity contribution is 5.85. The highest BCUT2D eigenvalue weighted by Gasteiger charge is 2.19. The van der Waals surface area contributed by atoms with Gasteiger partial charge < -0.3 is 11.1 Å². The van der Waals surface area contributed by atoms with E-state index < -0.39 is 0 Å². The summed E-state index contributed by atoms with van der Waals surface area (Å²) in [6.07, 6.45) is 0. The summed E-state index contributed by atoms with van der Waals surface area (Å²) >= 11 is 0. The van der Waals surface area contributed by atoms with Gasteiger partial charge in [-0.1, -0.05) is 18.2 Å². The fourth-order valence-corrected chi connectivity index (χ4v) is 2.88. The Hall–Kier alpha value is -3.14. The SMILES string of the molecule is CNc1ccc2nc3ccc(N)cc3[n+](-c3ccccc3)c2c1. The van der Waals surface area contributed by atoms with Gasteiger partial charge in [-0.05, 0) is 24.3 Å². The van der Waals surface area contributed by atoms with Crippen molar-refractivity contribution in [3.8, 4) is 5.69 Å². The number of nitrogens with zero attached hydrogens (tertiary/aromatic N) is 2. The van der Waals surface area contributed by atoms with E-state index in [1.807, 2.05) is 55.6 Å². The van der Waals surface area contributed by atoms with E-state index in [1.165, 1.54) is 0 Å². The number of nitrogens with two attached hydrogens (primary N) is 1. The molecule has 0 saturated heterocycles. The summed E-state index contributed by atoms with van der Waals surface area (Å²) in [5.74, 6) is 0. The summed E-state index contributed by atoms with van der Waals surface area (Å²) in [6, 6.07) is 22.3. The number of hydrogen-bond donors (Lipinski definition) is 2. The molecule has 0 aliphatic rings. The quantitative estimate of drug-likeness (QED) is 0.339. The largest absolute Gasteiger partial charge is 0.399 e. The number of nitrogens with one attached hydrogen (secondary N) is 1. The molecule has 0 aliphatic carbocycles. The fourth-order valence-electron chi connectivity index (χ4n) is 2.88. The van der Waals surface area contributed by atoms with Gasteiger partial charge in [0.1, 0.15) is 11.0 Å². The third-order valence-corrected chi connectivity index (χ3v) is 4.00. The lowest BCUT2D eigenvalue weighted by Crippen LogP contribution is -2.33. The maximum absolute atomic E-state index is 6.02. The van der Waals surface area contributed by atoms with E-state index in [2.05, 4.69) is 28.1 Å². The Balaban J connectivity index is 2.20. The van der Waals surface area contributed by atoms with Crippen molar-refractivity contribution in [2.24, 2.45) is 0 Å². The number of benzene rings is 3. The number of para-hydroxylation sites is 1. The summed E-state index contributed by atoms with van der Waals surface area (Å²) in [4.78, 5) is 4.78. The molecule has 0 atom stereocenters. The van der Waals surface area contributed by atoms with Crippen molar-refractivity contribution in [3.63, 3.8) is 0 Å².